The molecule has 1 aliphatic carbocycles. The number of methoxy groups -OCH3 is 1. The van der Waals surface area contributed by atoms with Gasteiger partial charge in [0.1, 0.15) is 0 Å². The van der Waals surface area contributed by atoms with Crippen molar-refractivity contribution in [3.05, 3.63) is 0 Å². The Bertz CT molecular complexity index is 216. The van der Waals surface area contributed by atoms with Crippen LogP contribution in [0.15, 0.2) is 0 Å². The standard InChI is InChI=1S/C11H19NO2/c1-14-10(13)8-9-11(6-7-12-9)4-2-3-5-11/h9,12H,2-8H2,1H3. The van der Waals surface area contributed by atoms with Crippen LogP contribution in [-0.2, 0) is 9.53 Å². The number of carbonyl (C=O) groups is 1. The molecule has 0 aromatic carbocycles. The van der Waals surface area contributed by atoms with Gasteiger partial charge in [0.05, 0.1) is 13.5 Å². The molecule has 0 aromatic rings. The molecule has 14 heavy (non-hydrogen) atoms. The van der Waals surface area contributed by atoms with Crippen LogP contribution in [0.2, 0.25) is 0 Å². The van der Waals surface area contributed by atoms with Crippen LogP contribution < -0.4 is 5.32 Å². The summed E-state index contributed by atoms with van der Waals surface area (Å²) in [6.45, 7) is 1.07. The maximum atomic E-state index is 11.2. The largest absolute Gasteiger partial charge is 0.469 e. The van der Waals surface area contributed by atoms with Crippen molar-refractivity contribution >= 4 is 5.97 Å². The van der Waals surface area contributed by atoms with Gasteiger partial charge < -0.3 is 10.1 Å². The number of carbonyl (C=O) groups excluding carboxylic acids is 1. The molecule has 0 amide bonds. The minimum atomic E-state index is -0.0734. The molecule has 0 radical (unpaired) electrons. The Morgan fingerprint density at radius 2 is 2.14 bits per heavy atom. The highest BCUT2D eigenvalue weighted by atomic mass is 16.5. The summed E-state index contributed by atoms with van der Waals surface area (Å²) in [5.41, 5.74) is 0.425. The van der Waals surface area contributed by atoms with E-state index in [1.54, 1.807) is 0 Å². The van der Waals surface area contributed by atoms with Crippen molar-refractivity contribution in [3.8, 4) is 0 Å². The van der Waals surface area contributed by atoms with Crippen molar-refractivity contribution in [1.29, 1.82) is 0 Å². The zero-order chi connectivity index (χ0) is 10.0. The first-order valence-electron chi connectivity index (χ1n) is 5.57. The summed E-state index contributed by atoms with van der Waals surface area (Å²) in [5.74, 6) is -0.0734. The van der Waals surface area contributed by atoms with Gasteiger partial charge in [0.25, 0.3) is 0 Å². The topological polar surface area (TPSA) is 38.3 Å². The lowest BCUT2D eigenvalue weighted by Gasteiger charge is -2.29. The van der Waals surface area contributed by atoms with Gasteiger partial charge in [-0.1, -0.05) is 12.8 Å². The van der Waals surface area contributed by atoms with Crippen LogP contribution in [0.1, 0.15) is 38.5 Å². The van der Waals surface area contributed by atoms with E-state index in [1.165, 1.54) is 39.2 Å². The summed E-state index contributed by atoms with van der Waals surface area (Å²) in [5, 5.41) is 3.45. The molecule has 1 unspecified atom stereocenters. The second kappa shape index (κ2) is 3.89. The zero-order valence-electron chi connectivity index (χ0n) is 8.84. The highest BCUT2D eigenvalue weighted by Gasteiger charge is 2.45. The van der Waals surface area contributed by atoms with Crippen molar-refractivity contribution in [3.63, 3.8) is 0 Å². The molecule has 1 N–H and O–H groups in total. The summed E-state index contributed by atoms with van der Waals surface area (Å²) in [6, 6.07) is 0.373. The molecule has 2 rings (SSSR count). The van der Waals surface area contributed by atoms with Gasteiger partial charge in [-0.2, -0.15) is 0 Å². The summed E-state index contributed by atoms with van der Waals surface area (Å²) < 4.78 is 4.74. The number of nitrogens with one attached hydrogen (secondary N) is 1. The van der Waals surface area contributed by atoms with E-state index in [1.807, 2.05) is 0 Å². The van der Waals surface area contributed by atoms with Gasteiger partial charge in [-0.05, 0) is 31.2 Å². The number of rotatable bonds is 2. The fourth-order valence-corrected chi connectivity index (χ4v) is 3.10. The minimum absolute atomic E-state index is 0.0734. The third kappa shape index (κ3) is 1.65. The normalized spacial score (nSPS) is 29.6. The molecule has 0 bridgehead atoms. The lowest BCUT2D eigenvalue weighted by Crippen LogP contribution is -2.37. The van der Waals surface area contributed by atoms with E-state index in [9.17, 15) is 4.79 Å². The first kappa shape index (κ1) is 9.97. The van der Waals surface area contributed by atoms with Gasteiger partial charge in [-0.3, -0.25) is 4.79 Å². The van der Waals surface area contributed by atoms with Crippen LogP contribution in [0.25, 0.3) is 0 Å². The van der Waals surface area contributed by atoms with E-state index in [2.05, 4.69) is 5.32 Å². The van der Waals surface area contributed by atoms with E-state index in [0.29, 0.717) is 17.9 Å². The maximum absolute atomic E-state index is 11.2. The molecule has 2 fully saturated rings. The SMILES string of the molecule is COC(=O)CC1NCCC12CCCC2. The third-order valence-corrected chi connectivity index (χ3v) is 3.95. The van der Waals surface area contributed by atoms with Crippen molar-refractivity contribution in [2.24, 2.45) is 5.41 Å². The molecule has 2 aliphatic rings. The highest BCUT2D eigenvalue weighted by molar-refractivity contribution is 5.70. The smallest absolute Gasteiger partial charge is 0.307 e. The van der Waals surface area contributed by atoms with Gasteiger partial charge >= 0.3 is 5.97 Å². The van der Waals surface area contributed by atoms with Gasteiger partial charge in [0.15, 0.2) is 0 Å². The Labute approximate surface area is 85.2 Å². The number of esters is 1. The Kier molecular flexibility index (Phi) is 2.77. The van der Waals surface area contributed by atoms with E-state index in [-0.39, 0.29) is 5.97 Å². The van der Waals surface area contributed by atoms with E-state index in [0.717, 1.165) is 6.54 Å². The van der Waals surface area contributed by atoms with Crippen LogP contribution in [0.3, 0.4) is 0 Å². The number of ether oxygens (including phenoxy) is 1. The minimum Gasteiger partial charge on any atom is -0.469 e. The van der Waals surface area contributed by atoms with Gasteiger partial charge in [-0.15, -0.1) is 0 Å². The average molecular weight is 197 g/mol. The molecular formula is C11H19NO2. The summed E-state index contributed by atoms with van der Waals surface area (Å²) in [4.78, 5) is 11.2. The second-order valence-corrected chi connectivity index (χ2v) is 4.61. The quantitative estimate of drug-likeness (QED) is 0.681. The van der Waals surface area contributed by atoms with Crippen molar-refractivity contribution in [2.45, 2.75) is 44.6 Å². The van der Waals surface area contributed by atoms with E-state index < -0.39 is 0 Å². The molecule has 1 saturated heterocycles. The molecule has 1 atom stereocenters. The van der Waals surface area contributed by atoms with Gasteiger partial charge in [-0.25, -0.2) is 0 Å². The van der Waals surface area contributed by atoms with Crippen molar-refractivity contribution in [1.82, 2.24) is 5.32 Å². The van der Waals surface area contributed by atoms with E-state index >= 15 is 0 Å². The molecule has 0 aromatic heterocycles. The molecule has 3 heteroatoms. The monoisotopic (exact) mass is 197 g/mol. The summed E-state index contributed by atoms with van der Waals surface area (Å²) in [6.07, 6.45) is 7.05. The molecular weight excluding hydrogens is 178 g/mol. The van der Waals surface area contributed by atoms with Crippen LogP contribution in [0.4, 0.5) is 0 Å². The lowest BCUT2D eigenvalue weighted by atomic mass is 9.77. The van der Waals surface area contributed by atoms with Crippen LogP contribution >= 0.6 is 0 Å². The molecule has 1 saturated carbocycles. The first-order valence-corrected chi connectivity index (χ1v) is 5.57. The van der Waals surface area contributed by atoms with Crippen molar-refractivity contribution in [2.75, 3.05) is 13.7 Å². The first-order chi connectivity index (χ1) is 6.77. The molecule has 1 heterocycles. The molecule has 80 valence electrons. The highest BCUT2D eigenvalue weighted by Crippen LogP contribution is 2.47. The molecule has 3 nitrogen and oxygen atoms in total. The van der Waals surface area contributed by atoms with Gasteiger partial charge in [0.2, 0.25) is 0 Å². The Morgan fingerprint density at radius 3 is 2.79 bits per heavy atom. The second-order valence-electron chi connectivity index (χ2n) is 4.61. The number of hydrogen-bond donors (Lipinski definition) is 1. The summed E-state index contributed by atoms with van der Waals surface area (Å²) >= 11 is 0. The van der Waals surface area contributed by atoms with Crippen LogP contribution in [-0.4, -0.2) is 25.7 Å². The predicted molar refractivity (Wildman–Crippen MR) is 53.9 cm³/mol. The van der Waals surface area contributed by atoms with Crippen LogP contribution in [0.5, 0.6) is 0 Å². The Hall–Kier alpha value is -0.570. The summed E-state index contributed by atoms with van der Waals surface area (Å²) in [7, 11) is 1.47. The number of hydrogen-bond acceptors (Lipinski definition) is 3. The van der Waals surface area contributed by atoms with E-state index in [4.69, 9.17) is 4.74 Å². The maximum Gasteiger partial charge on any atom is 0.307 e. The molecule has 1 spiro atoms. The third-order valence-electron chi connectivity index (χ3n) is 3.95. The fraction of sp³-hybridized carbons (Fsp3) is 0.909. The zero-order valence-corrected chi connectivity index (χ0v) is 8.84. The molecule has 1 aliphatic heterocycles. The van der Waals surface area contributed by atoms with Crippen molar-refractivity contribution < 1.29 is 9.53 Å². The predicted octanol–water partition coefficient (Wildman–Crippen LogP) is 1.47. The average Bonchev–Trinajstić information content (AvgIpc) is 2.79. The lowest BCUT2D eigenvalue weighted by molar-refractivity contribution is -0.141. The Morgan fingerprint density at radius 1 is 1.43 bits per heavy atom. The van der Waals surface area contributed by atoms with Gasteiger partial charge in [0, 0.05) is 6.04 Å². The Balaban J connectivity index is 1.99. The van der Waals surface area contributed by atoms with Crippen LogP contribution in [0, 0.1) is 5.41 Å². The fourth-order valence-electron chi connectivity index (χ4n) is 3.10.